The van der Waals surface area contributed by atoms with Crippen molar-refractivity contribution in [2.45, 2.75) is 20.4 Å². The molecule has 1 aromatic carbocycles. The van der Waals surface area contributed by atoms with Crippen LogP contribution in [0, 0.1) is 12.8 Å². The van der Waals surface area contributed by atoms with E-state index in [0.717, 1.165) is 12.4 Å². The van der Waals surface area contributed by atoms with Crippen LogP contribution in [0.4, 0.5) is 0 Å². The summed E-state index contributed by atoms with van der Waals surface area (Å²) in [5, 5.41) is 5.67. The fourth-order valence-electron chi connectivity index (χ4n) is 2.76. The van der Waals surface area contributed by atoms with Crippen LogP contribution in [0.3, 0.4) is 0 Å². The summed E-state index contributed by atoms with van der Waals surface area (Å²) < 4.78 is 7.55. The highest BCUT2D eigenvalue weighted by molar-refractivity contribution is 6.01. The number of aryl methyl sites for hydroxylation is 1. The number of imidazole rings is 1. The minimum atomic E-state index is -0.217. The molecule has 0 bridgehead atoms. The van der Waals surface area contributed by atoms with Crippen molar-refractivity contribution in [3.8, 4) is 5.75 Å². The van der Waals surface area contributed by atoms with Gasteiger partial charge in [-0.2, -0.15) is 0 Å². The maximum atomic E-state index is 12.4. The van der Waals surface area contributed by atoms with Gasteiger partial charge in [0.2, 0.25) is 0 Å². The van der Waals surface area contributed by atoms with Gasteiger partial charge in [-0.05, 0) is 31.0 Å². The molecule has 2 aromatic rings. The average molecular weight is 342 g/mol. The number of fused-ring (bicyclic) bond motifs is 1. The van der Waals surface area contributed by atoms with Crippen molar-refractivity contribution in [1.29, 1.82) is 0 Å². The molecule has 3 rings (SSSR count). The van der Waals surface area contributed by atoms with E-state index in [1.54, 1.807) is 24.4 Å². The van der Waals surface area contributed by atoms with Gasteiger partial charge >= 0.3 is 0 Å². The number of hydrogen-bond acceptors (Lipinski definition) is 4. The zero-order valence-corrected chi connectivity index (χ0v) is 14.4. The quantitative estimate of drug-likeness (QED) is 0.860. The van der Waals surface area contributed by atoms with Crippen molar-refractivity contribution in [3.63, 3.8) is 0 Å². The standard InChI is InChI=1S/C18H22N4O3/c1-12(11-22-7-5-19-13(22)2)10-21-17(23)14-3-4-16-15(9-14)18(24)20-6-8-25-16/h3-5,7,9,12H,6,8,10-11H2,1-2H3,(H,20,24)(H,21,23). The molecule has 1 atom stereocenters. The highest BCUT2D eigenvalue weighted by Crippen LogP contribution is 2.21. The lowest BCUT2D eigenvalue weighted by Gasteiger charge is -2.15. The topological polar surface area (TPSA) is 85.2 Å². The molecule has 0 aliphatic carbocycles. The molecule has 2 heterocycles. The lowest BCUT2D eigenvalue weighted by molar-refractivity contribution is 0.0946. The number of carbonyl (C=O) groups is 2. The Morgan fingerprint density at radius 1 is 1.48 bits per heavy atom. The third-order valence-corrected chi connectivity index (χ3v) is 4.17. The van der Waals surface area contributed by atoms with E-state index in [9.17, 15) is 9.59 Å². The Kier molecular flexibility index (Phi) is 5.02. The summed E-state index contributed by atoms with van der Waals surface area (Å²) in [4.78, 5) is 28.6. The minimum absolute atomic E-state index is 0.200. The summed E-state index contributed by atoms with van der Waals surface area (Å²) >= 11 is 0. The largest absolute Gasteiger partial charge is 0.491 e. The lowest BCUT2D eigenvalue weighted by atomic mass is 10.1. The average Bonchev–Trinajstić information content (AvgIpc) is 2.91. The van der Waals surface area contributed by atoms with E-state index in [0.29, 0.717) is 36.6 Å². The number of nitrogens with one attached hydrogen (secondary N) is 2. The number of aromatic nitrogens is 2. The summed E-state index contributed by atoms with van der Waals surface area (Å²) in [6.45, 7) is 6.23. The lowest BCUT2D eigenvalue weighted by Crippen LogP contribution is -2.30. The van der Waals surface area contributed by atoms with Gasteiger partial charge in [-0.15, -0.1) is 0 Å². The number of hydrogen-bond donors (Lipinski definition) is 2. The number of amides is 2. The second-order valence-corrected chi connectivity index (χ2v) is 6.26. The molecule has 25 heavy (non-hydrogen) atoms. The molecule has 0 saturated heterocycles. The van der Waals surface area contributed by atoms with Crippen molar-refractivity contribution in [2.75, 3.05) is 19.7 Å². The highest BCUT2D eigenvalue weighted by atomic mass is 16.5. The van der Waals surface area contributed by atoms with Crippen LogP contribution in [-0.2, 0) is 6.54 Å². The van der Waals surface area contributed by atoms with E-state index in [1.807, 2.05) is 13.1 Å². The highest BCUT2D eigenvalue weighted by Gasteiger charge is 2.19. The van der Waals surface area contributed by atoms with Crippen LogP contribution >= 0.6 is 0 Å². The number of ether oxygens (including phenoxy) is 1. The van der Waals surface area contributed by atoms with E-state index in [-0.39, 0.29) is 17.7 Å². The first-order valence-corrected chi connectivity index (χ1v) is 8.35. The number of carbonyl (C=O) groups excluding carboxylic acids is 2. The predicted octanol–water partition coefficient (Wildman–Crippen LogP) is 1.38. The maximum Gasteiger partial charge on any atom is 0.255 e. The van der Waals surface area contributed by atoms with Crippen LogP contribution < -0.4 is 15.4 Å². The van der Waals surface area contributed by atoms with Gasteiger partial charge in [-0.1, -0.05) is 6.92 Å². The van der Waals surface area contributed by atoms with Gasteiger partial charge in [0, 0.05) is 31.0 Å². The smallest absolute Gasteiger partial charge is 0.255 e. The molecule has 1 unspecified atom stereocenters. The Hall–Kier alpha value is -2.83. The Morgan fingerprint density at radius 2 is 2.32 bits per heavy atom. The van der Waals surface area contributed by atoms with Gasteiger partial charge in [0.1, 0.15) is 18.2 Å². The van der Waals surface area contributed by atoms with Crippen LogP contribution in [0.1, 0.15) is 33.5 Å². The van der Waals surface area contributed by atoms with Crippen molar-refractivity contribution in [1.82, 2.24) is 20.2 Å². The normalized spacial score (nSPS) is 14.7. The summed E-state index contributed by atoms with van der Waals surface area (Å²) in [7, 11) is 0. The zero-order valence-electron chi connectivity index (χ0n) is 14.4. The molecule has 7 heteroatoms. The fraction of sp³-hybridized carbons (Fsp3) is 0.389. The van der Waals surface area contributed by atoms with E-state index < -0.39 is 0 Å². The number of benzene rings is 1. The molecule has 1 aliphatic heterocycles. The maximum absolute atomic E-state index is 12.4. The van der Waals surface area contributed by atoms with Crippen molar-refractivity contribution in [3.05, 3.63) is 47.5 Å². The minimum Gasteiger partial charge on any atom is -0.491 e. The molecule has 0 saturated carbocycles. The molecule has 0 spiro atoms. The van der Waals surface area contributed by atoms with Crippen LogP contribution in [0.25, 0.3) is 0 Å². The van der Waals surface area contributed by atoms with Crippen molar-refractivity contribution >= 4 is 11.8 Å². The van der Waals surface area contributed by atoms with E-state index in [4.69, 9.17) is 4.74 Å². The van der Waals surface area contributed by atoms with Crippen LogP contribution in [0.2, 0.25) is 0 Å². The van der Waals surface area contributed by atoms with Crippen LogP contribution in [0.5, 0.6) is 5.75 Å². The molecule has 0 radical (unpaired) electrons. The second kappa shape index (κ2) is 7.38. The third kappa shape index (κ3) is 3.99. The number of nitrogens with zero attached hydrogens (tertiary/aromatic N) is 2. The SMILES string of the molecule is Cc1nccn1CC(C)CNC(=O)c1ccc2c(c1)C(=O)NCCO2. The zero-order chi connectivity index (χ0) is 17.8. The first kappa shape index (κ1) is 17.0. The first-order valence-electron chi connectivity index (χ1n) is 8.35. The fourth-order valence-corrected chi connectivity index (χ4v) is 2.76. The first-order chi connectivity index (χ1) is 12.0. The molecule has 2 amide bonds. The van der Waals surface area contributed by atoms with Gasteiger partial charge in [0.05, 0.1) is 12.1 Å². The summed E-state index contributed by atoms with van der Waals surface area (Å²) in [6, 6.07) is 4.93. The monoisotopic (exact) mass is 342 g/mol. The Bertz CT molecular complexity index is 784. The predicted molar refractivity (Wildman–Crippen MR) is 92.7 cm³/mol. The summed E-state index contributed by atoms with van der Waals surface area (Å²) in [6.07, 6.45) is 3.70. The van der Waals surface area contributed by atoms with E-state index in [2.05, 4.69) is 27.1 Å². The Labute approximate surface area is 146 Å². The summed E-state index contributed by atoms with van der Waals surface area (Å²) in [5.41, 5.74) is 0.845. The molecule has 2 N–H and O–H groups in total. The molecule has 0 fully saturated rings. The molecule has 1 aromatic heterocycles. The van der Waals surface area contributed by atoms with Gasteiger partial charge in [-0.25, -0.2) is 4.98 Å². The van der Waals surface area contributed by atoms with Gasteiger partial charge in [0.25, 0.3) is 11.8 Å². The van der Waals surface area contributed by atoms with Crippen LogP contribution in [-0.4, -0.2) is 41.1 Å². The Balaban J connectivity index is 1.61. The van der Waals surface area contributed by atoms with Crippen molar-refractivity contribution < 1.29 is 14.3 Å². The van der Waals surface area contributed by atoms with Gasteiger partial charge in [-0.3, -0.25) is 9.59 Å². The van der Waals surface area contributed by atoms with Crippen molar-refractivity contribution in [2.24, 2.45) is 5.92 Å². The van der Waals surface area contributed by atoms with Crippen LogP contribution in [0.15, 0.2) is 30.6 Å². The molecule has 1 aliphatic rings. The van der Waals surface area contributed by atoms with Gasteiger partial charge < -0.3 is 19.9 Å². The van der Waals surface area contributed by atoms with E-state index in [1.165, 1.54) is 0 Å². The number of rotatable bonds is 5. The second-order valence-electron chi connectivity index (χ2n) is 6.26. The summed E-state index contributed by atoms with van der Waals surface area (Å²) in [5.74, 6) is 1.30. The van der Waals surface area contributed by atoms with Gasteiger partial charge in [0.15, 0.2) is 0 Å². The molecule has 132 valence electrons. The molecular weight excluding hydrogens is 320 g/mol. The van der Waals surface area contributed by atoms with E-state index >= 15 is 0 Å². The third-order valence-electron chi connectivity index (χ3n) is 4.17. The molecular formula is C18H22N4O3. The molecule has 7 nitrogen and oxygen atoms in total. The Morgan fingerprint density at radius 3 is 3.08 bits per heavy atom.